The summed E-state index contributed by atoms with van der Waals surface area (Å²) in [5, 5.41) is 13.7. The van der Waals surface area contributed by atoms with Crippen LogP contribution in [0.4, 0.5) is 0 Å². The molecule has 0 saturated carbocycles. The smallest absolute Gasteiger partial charge is 0.136 e. The summed E-state index contributed by atoms with van der Waals surface area (Å²) in [6.07, 6.45) is 0.964. The number of rotatable bonds is 2. The van der Waals surface area contributed by atoms with E-state index >= 15 is 0 Å². The van der Waals surface area contributed by atoms with Crippen LogP contribution in [0, 0.1) is 0 Å². The fraction of sp³-hybridized carbons (Fsp3) is 0.750. The van der Waals surface area contributed by atoms with Gasteiger partial charge in [-0.2, -0.15) is 0 Å². The van der Waals surface area contributed by atoms with Crippen molar-refractivity contribution in [2.75, 3.05) is 19.8 Å². The fourth-order valence-electron chi connectivity index (χ4n) is 1.27. The van der Waals surface area contributed by atoms with E-state index < -0.39 is 0 Å². The Morgan fingerprint density at radius 3 is 3.15 bits per heavy atom. The first-order valence-corrected chi connectivity index (χ1v) is 5.35. The zero-order chi connectivity index (χ0) is 9.10. The minimum atomic E-state index is 0.256. The molecule has 4 nitrogen and oxygen atoms in total. The second-order valence-electron chi connectivity index (χ2n) is 2.97. The summed E-state index contributed by atoms with van der Waals surface area (Å²) < 4.78 is 5.36. The molecule has 5 heteroatoms. The third kappa shape index (κ3) is 2.04. The molecule has 1 aromatic heterocycles. The summed E-state index contributed by atoms with van der Waals surface area (Å²) in [4.78, 5) is 0. The van der Waals surface area contributed by atoms with E-state index in [1.54, 1.807) is 11.3 Å². The second-order valence-corrected chi connectivity index (χ2v) is 4.06. The predicted octanol–water partition coefficient (Wildman–Crippen LogP) is 0.761. The minimum absolute atomic E-state index is 0.256. The third-order valence-corrected chi connectivity index (χ3v) is 3.19. The normalized spacial score (nSPS) is 23.3. The van der Waals surface area contributed by atoms with Crippen LogP contribution in [-0.4, -0.2) is 30.0 Å². The van der Waals surface area contributed by atoms with Crippen LogP contribution in [0.2, 0.25) is 0 Å². The van der Waals surface area contributed by atoms with Crippen molar-refractivity contribution in [3.05, 3.63) is 10.0 Å². The van der Waals surface area contributed by atoms with Gasteiger partial charge in [-0.15, -0.1) is 10.2 Å². The highest BCUT2D eigenvalue weighted by molar-refractivity contribution is 7.11. The van der Waals surface area contributed by atoms with Crippen molar-refractivity contribution in [1.82, 2.24) is 15.5 Å². The molecular weight excluding hydrogens is 186 g/mol. The number of nitrogens with zero attached hydrogens (tertiary/aromatic N) is 2. The van der Waals surface area contributed by atoms with Gasteiger partial charge in [0.2, 0.25) is 0 Å². The summed E-state index contributed by atoms with van der Waals surface area (Å²) in [5.74, 6) is 0. The SMILES string of the molecule is CCc1nnc(C2COCCN2)s1. The molecule has 1 fully saturated rings. The van der Waals surface area contributed by atoms with Crippen molar-refractivity contribution in [3.63, 3.8) is 0 Å². The van der Waals surface area contributed by atoms with Gasteiger partial charge in [-0.25, -0.2) is 0 Å². The van der Waals surface area contributed by atoms with E-state index in [4.69, 9.17) is 4.74 Å². The molecule has 1 saturated heterocycles. The number of hydrogen-bond donors (Lipinski definition) is 1. The van der Waals surface area contributed by atoms with Gasteiger partial charge in [0, 0.05) is 6.54 Å². The van der Waals surface area contributed by atoms with Crippen LogP contribution >= 0.6 is 11.3 Å². The average molecular weight is 199 g/mol. The minimum Gasteiger partial charge on any atom is -0.378 e. The molecule has 2 rings (SSSR count). The maximum atomic E-state index is 5.36. The lowest BCUT2D eigenvalue weighted by molar-refractivity contribution is 0.0766. The molecule has 1 unspecified atom stereocenters. The largest absolute Gasteiger partial charge is 0.378 e. The second kappa shape index (κ2) is 4.13. The van der Waals surface area contributed by atoms with Crippen molar-refractivity contribution < 1.29 is 4.74 Å². The van der Waals surface area contributed by atoms with Crippen LogP contribution in [0.5, 0.6) is 0 Å². The lowest BCUT2D eigenvalue weighted by Gasteiger charge is -2.21. The first-order chi connectivity index (χ1) is 6.40. The molecule has 2 heterocycles. The van der Waals surface area contributed by atoms with E-state index in [0.29, 0.717) is 0 Å². The Balaban J connectivity index is 2.05. The third-order valence-electron chi connectivity index (χ3n) is 2.00. The lowest BCUT2D eigenvalue weighted by atomic mass is 10.3. The molecule has 13 heavy (non-hydrogen) atoms. The van der Waals surface area contributed by atoms with Gasteiger partial charge in [-0.3, -0.25) is 0 Å². The van der Waals surface area contributed by atoms with Crippen molar-refractivity contribution in [2.45, 2.75) is 19.4 Å². The van der Waals surface area contributed by atoms with E-state index in [-0.39, 0.29) is 6.04 Å². The summed E-state index contributed by atoms with van der Waals surface area (Å²) in [7, 11) is 0. The lowest BCUT2D eigenvalue weighted by Crippen LogP contribution is -2.34. The molecule has 1 aliphatic rings. The number of nitrogens with one attached hydrogen (secondary N) is 1. The van der Waals surface area contributed by atoms with E-state index in [1.165, 1.54) is 0 Å². The van der Waals surface area contributed by atoms with Crippen LogP contribution in [0.1, 0.15) is 23.0 Å². The molecule has 0 spiro atoms. The molecule has 0 bridgehead atoms. The summed E-state index contributed by atoms with van der Waals surface area (Å²) in [5.41, 5.74) is 0. The molecule has 0 radical (unpaired) electrons. The van der Waals surface area contributed by atoms with Crippen molar-refractivity contribution >= 4 is 11.3 Å². The summed E-state index contributed by atoms with van der Waals surface area (Å²) >= 11 is 1.67. The molecule has 1 aromatic rings. The zero-order valence-electron chi connectivity index (χ0n) is 7.62. The zero-order valence-corrected chi connectivity index (χ0v) is 8.43. The van der Waals surface area contributed by atoms with Gasteiger partial charge < -0.3 is 10.1 Å². The van der Waals surface area contributed by atoms with Gasteiger partial charge in [0.1, 0.15) is 10.0 Å². The first-order valence-electron chi connectivity index (χ1n) is 4.53. The van der Waals surface area contributed by atoms with E-state index in [1.807, 2.05) is 0 Å². The Morgan fingerprint density at radius 1 is 1.62 bits per heavy atom. The fourth-order valence-corrected chi connectivity index (χ4v) is 2.12. The van der Waals surface area contributed by atoms with Crippen LogP contribution < -0.4 is 5.32 Å². The Hall–Kier alpha value is -0.520. The Bertz CT molecular complexity index is 270. The van der Waals surface area contributed by atoms with Crippen LogP contribution in [0.25, 0.3) is 0 Å². The number of morpholine rings is 1. The summed E-state index contributed by atoms with van der Waals surface area (Å²) in [6, 6.07) is 0.256. The highest BCUT2D eigenvalue weighted by atomic mass is 32.1. The highest BCUT2D eigenvalue weighted by Crippen LogP contribution is 2.19. The van der Waals surface area contributed by atoms with Gasteiger partial charge in [0.05, 0.1) is 19.3 Å². The quantitative estimate of drug-likeness (QED) is 0.764. The molecule has 72 valence electrons. The maximum Gasteiger partial charge on any atom is 0.136 e. The molecule has 1 aliphatic heterocycles. The average Bonchev–Trinajstić information content (AvgIpc) is 2.67. The number of aryl methyl sites for hydroxylation is 1. The molecule has 1 N–H and O–H groups in total. The van der Waals surface area contributed by atoms with Crippen molar-refractivity contribution in [1.29, 1.82) is 0 Å². The highest BCUT2D eigenvalue weighted by Gasteiger charge is 2.18. The monoisotopic (exact) mass is 199 g/mol. The van der Waals surface area contributed by atoms with Gasteiger partial charge in [0.25, 0.3) is 0 Å². The van der Waals surface area contributed by atoms with Crippen molar-refractivity contribution in [2.24, 2.45) is 0 Å². The van der Waals surface area contributed by atoms with Gasteiger partial charge in [-0.1, -0.05) is 18.3 Å². The van der Waals surface area contributed by atoms with Crippen LogP contribution in [0.3, 0.4) is 0 Å². The van der Waals surface area contributed by atoms with Crippen molar-refractivity contribution in [3.8, 4) is 0 Å². The van der Waals surface area contributed by atoms with Crippen LogP contribution in [-0.2, 0) is 11.2 Å². The van der Waals surface area contributed by atoms with E-state index in [2.05, 4.69) is 22.4 Å². The Morgan fingerprint density at radius 2 is 2.54 bits per heavy atom. The molecule has 0 aromatic carbocycles. The maximum absolute atomic E-state index is 5.36. The Kier molecular flexibility index (Phi) is 2.87. The van der Waals surface area contributed by atoms with Crippen LogP contribution in [0.15, 0.2) is 0 Å². The van der Waals surface area contributed by atoms with Gasteiger partial charge in [0.15, 0.2) is 0 Å². The Labute approximate surface area is 81.3 Å². The van der Waals surface area contributed by atoms with E-state index in [0.717, 1.165) is 36.2 Å². The number of aromatic nitrogens is 2. The number of ether oxygens (including phenoxy) is 1. The molecule has 0 amide bonds. The molecule has 1 atom stereocenters. The number of hydrogen-bond acceptors (Lipinski definition) is 5. The first kappa shape index (κ1) is 9.05. The standard InChI is InChI=1S/C8H13N3OS/c1-2-7-10-11-8(13-7)6-5-12-4-3-9-6/h6,9H,2-5H2,1H3. The molecule has 0 aliphatic carbocycles. The topological polar surface area (TPSA) is 47.0 Å². The summed E-state index contributed by atoms with van der Waals surface area (Å²) in [6.45, 7) is 4.52. The van der Waals surface area contributed by atoms with Gasteiger partial charge >= 0.3 is 0 Å². The van der Waals surface area contributed by atoms with Gasteiger partial charge in [-0.05, 0) is 6.42 Å². The van der Waals surface area contributed by atoms with E-state index in [9.17, 15) is 0 Å². The molecular formula is C8H13N3OS. The predicted molar refractivity (Wildman–Crippen MR) is 50.8 cm³/mol.